The minimum Gasteiger partial charge on any atom is -0.250 e. The molecule has 0 unspecified atom stereocenters. The Balaban J connectivity index is 2.46. The van der Waals surface area contributed by atoms with Crippen LogP contribution in [0.4, 0.5) is 0 Å². The van der Waals surface area contributed by atoms with E-state index in [9.17, 15) is 0 Å². The Morgan fingerprint density at radius 2 is 2.33 bits per heavy atom. The third-order valence-electron chi connectivity index (χ3n) is 0.769. The summed E-state index contributed by atoms with van der Waals surface area (Å²) in [5.41, 5.74) is 0. The summed E-state index contributed by atoms with van der Waals surface area (Å²) in [4.78, 5) is 7.45. The van der Waals surface area contributed by atoms with Crippen molar-refractivity contribution in [2.75, 3.05) is 6.67 Å². The molecule has 1 aliphatic rings. The van der Waals surface area contributed by atoms with E-state index in [1.165, 1.54) is 17.7 Å². The number of aliphatic imine (C=N–C) groups is 2. The third-order valence-corrected chi connectivity index (χ3v) is 1.16. The summed E-state index contributed by atoms with van der Waals surface area (Å²) in [5.74, 6) is 0. The summed E-state index contributed by atoms with van der Waals surface area (Å²) < 4.78 is 0.875. The molecule has 1 rings (SSSR count). The zero-order valence-corrected chi connectivity index (χ0v) is 5.92. The van der Waals surface area contributed by atoms with Crippen LogP contribution in [0.1, 0.15) is 0 Å². The first-order valence-corrected chi connectivity index (χ1v) is 2.88. The lowest BCUT2D eigenvalue weighted by Gasteiger charge is -2.19. The average Bonchev–Trinajstić information content (AvgIpc) is 1.90. The molecule has 6 heteroatoms. The Bertz CT molecular complexity index is 143. The summed E-state index contributed by atoms with van der Waals surface area (Å²) in [5, 5.41) is 1.43. The van der Waals surface area contributed by atoms with Crippen molar-refractivity contribution in [3.05, 3.63) is 0 Å². The van der Waals surface area contributed by atoms with Gasteiger partial charge in [0, 0.05) is 23.6 Å². The van der Waals surface area contributed by atoms with Crippen molar-refractivity contribution >= 4 is 36.2 Å². The van der Waals surface area contributed by atoms with Crippen molar-refractivity contribution in [3.8, 4) is 0 Å². The van der Waals surface area contributed by atoms with Crippen LogP contribution in [0.3, 0.4) is 0 Å². The van der Waals surface area contributed by atoms with Crippen molar-refractivity contribution in [1.82, 2.24) is 9.06 Å². The molecule has 0 N–H and O–H groups in total. The van der Waals surface area contributed by atoms with Crippen LogP contribution in [-0.2, 0) is 0 Å². The quantitative estimate of drug-likeness (QED) is 0.542. The molecule has 0 aromatic rings. The fourth-order valence-corrected chi connectivity index (χ4v) is 0.571. The number of hydrogen-bond acceptors (Lipinski definition) is 4. The zero-order valence-electron chi connectivity index (χ0n) is 4.41. The fourth-order valence-electron chi connectivity index (χ4n) is 0.397. The Kier molecular flexibility index (Phi) is 2.27. The number of nitrogens with zero attached hydrogens (tertiary/aromatic N) is 4. The second-order valence-corrected chi connectivity index (χ2v) is 2.17. The predicted molar refractivity (Wildman–Crippen MR) is 37.2 cm³/mol. The van der Waals surface area contributed by atoms with Gasteiger partial charge in [0.25, 0.3) is 0 Å². The van der Waals surface area contributed by atoms with Gasteiger partial charge in [-0.25, -0.2) is 10.0 Å². The van der Waals surface area contributed by atoms with Crippen molar-refractivity contribution in [2.24, 2.45) is 9.98 Å². The van der Waals surface area contributed by atoms with Crippen LogP contribution in [0.2, 0.25) is 0 Å². The molecule has 0 aromatic heterocycles. The van der Waals surface area contributed by atoms with Gasteiger partial charge in [0.05, 0.1) is 0 Å². The van der Waals surface area contributed by atoms with E-state index < -0.39 is 0 Å². The van der Waals surface area contributed by atoms with Gasteiger partial charge < -0.3 is 0 Å². The molecule has 50 valence electrons. The Labute approximate surface area is 62.6 Å². The van der Waals surface area contributed by atoms with Crippen LogP contribution in [0.25, 0.3) is 0 Å². The molecule has 0 saturated heterocycles. The lowest BCUT2D eigenvalue weighted by atomic mass is 10.9. The molecule has 0 bridgehead atoms. The largest absolute Gasteiger partial charge is 0.250 e. The monoisotopic (exact) mass is 166 g/mol. The van der Waals surface area contributed by atoms with Crippen LogP contribution >= 0.6 is 23.6 Å². The number of rotatable bonds is 1. The van der Waals surface area contributed by atoms with E-state index in [-0.39, 0.29) is 0 Å². The van der Waals surface area contributed by atoms with Gasteiger partial charge in [0.15, 0.2) is 0 Å². The van der Waals surface area contributed by atoms with Crippen LogP contribution in [0.5, 0.6) is 0 Å². The summed E-state index contributed by atoms with van der Waals surface area (Å²) in [7, 11) is 0. The maximum atomic E-state index is 5.32. The fraction of sp³-hybridized carbons (Fsp3) is 0.333. The Morgan fingerprint density at radius 1 is 1.56 bits per heavy atom. The maximum Gasteiger partial charge on any atom is 0.130 e. The summed E-state index contributed by atoms with van der Waals surface area (Å²) >= 11 is 10.6. The second-order valence-electron chi connectivity index (χ2n) is 1.36. The maximum absolute atomic E-state index is 5.32. The minimum absolute atomic E-state index is 0.413. The molecule has 1 heterocycles. The molecule has 1 aliphatic heterocycles. The molecular formula is C3H4Cl2N4. The molecule has 0 fully saturated rings. The van der Waals surface area contributed by atoms with Gasteiger partial charge in [-0.05, 0) is 4.05 Å². The van der Waals surface area contributed by atoms with E-state index >= 15 is 0 Å². The first-order chi connectivity index (χ1) is 4.30. The highest BCUT2D eigenvalue weighted by Gasteiger charge is 2.05. The van der Waals surface area contributed by atoms with E-state index in [1.54, 1.807) is 0 Å². The van der Waals surface area contributed by atoms with Crippen molar-refractivity contribution < 1.29 is 0 Å². The third kappa shape index (κ3) is 1.82. The lowest BCUT2D eigenvalue weighted by molar-refractivity contribution is 0.277. The molecule has 0 radical (unpaired) electrons. The van der Waals surface area contributed by atoms with Gasteiger partial charge in [0.1, 0.15) is 19.3 Å². The first kappa shape index (κ1) is 6.80. The van der Waals surface area contributed by atoms with Crippen LogP contribution in [0.15, 0.2) is 9.98 Å². The van der Waals surface area contributed by atoms with Gasteiger partial charge in [-0.3, -0.25) is 4.99 Å². The topological polar surface area (TPSA) is 31.2 Å². The van der Waals surface area contributed by atoms with Gasteiger partial charge in [-0.2, -0.15) is 0 Å². The molecule has 0 saturated carbocycles. The van der Waals surface area contributed by atoms with Gasteiger partial charge in [-0.1, -0.05) is 0 Å². The normalized spacial score (nSPS) is 17.4. The Morgan fingerprint density at radius 3 is 2.67 bits per heavy atom. The molecular weight excluding hydrogens is 163 g/mol. The van der Waals surface area contributed by atoms with Crippen LogP contribution in [0, 0.1) is 0 Å². The Hall–Kier alpha value is -0.320. The van der Waals surface area contributed by atoms with Crippen molar-refractivity contribution in [1.29, 1.82) is 0 Å². The SMILES string of the molecule is ClN(Cl)N1C=NC=NC1. The zero-order chi connectivity index (χ0) is 6.69. The molecule has 4 nitrogen and oxygen atoms in total. The van der Waals surface area contributed by atoms with Gasteiger partial charge >= 0.3 is 0 Å². The molecule has 0 spiro atoms. The number of halogens is 2. The van der Waals surface area contributed by atoms with E-state index in [4.69, 9.17) is 23.6 Å². The van der Waals surface area contributed by atoms with E-state index in [0.29, 0.717) is 6.67 Å². The second kappa shape index (κ2) is 3.00. The first-order valence-electron chi connectivity index (χ1n) is 2.20. The van der Waals surface area contributed by atoms with Crippen LogP contribution in [-0.4, -0.2) is 28.4 Å². The molecule has 0 aromatic carbocycles. The predicted octanol–water partition coefficient (Wildman–Crippen LogP) is 0.841. The lowest BCUT2D eigenvalue weighted by Crippen LogP contribution is -2.30. The van der Waals surface area contributed by atoms with Crippen molar-refractivity contribution in [3.63, 3.8) is 0 Å². The van der Waals surface area contributed by atoms with Crippen LogP contribution < -0.4 is 0 Å². The molecule has 0 atom stereocenters. The van der Waals surface area contributed by atoms with Gasteiger partial charge in [-0.15, -0.1) is 0 Å². The summed E-state index contributed by atoms with van der Waals surface area (Å²) in [6.07, 6.45) is 2.92. The molecule has 9 heavy (non-hydrogen) atoms. The summed E-state index contributed by atoms with van der Waals surface area (Å²) in [6, 6.07) is 0. The highest BCUT2D eigenvalue weighted by molar-refractivity contribution is 6.33. The highest BCUT2D eigenvalue weighted by Crippen LogP contribution is 2.04. The molecule has 0 amide bonds. The number of hydrogen-bond donors (Lipinski definition) is 0. The van der Waals surface area contributed by atoms with E-state index in [1.807, 2.05) is 0 Å². The van der Waals surface area contributed by atoms with E-state index in [0.717, 1.165) is 4.05 Å². The standard InChI is InChI=1S/C3H4Cl2N4/c4-9(5)8-2-6-1-7-3-8/h1-2H,3H2. The van der Waals surface area contributed by atoms with Crippen molar-refractivity contribution in [2.45, 2.75) is 0 Å². The summed E-state index contributed by atoms with van der Waals surface area (Å²) in [6.45, 7) is 0.413. The van der Waals surface area contributed by atoms with E-state index in [2.05, 4.69) is 9.98 Å². The highest BCUT2D eigenvalue weighted by atomic mass is 35.5. The minimum atomic E-state index is 0.413. The average molecular weight is 167 g/mol. The smallest absolute Gasteiger partial charge is 0.130 e. The van der Waals surface area contributed by atoms with Gasteiger partial charge in [0.2, 0.25) is 0 Å². The molecule has 0 aliphatic carbocycles. The number of hydrazine groups is 1.